The van der Waals surface area contributed by atoms with Gasteiger partial charge in [-0.2, -0.15) is 0 Å². The van der Waals surface area contributed by atoms with Crippen molar-refractivity contribution >= 4 is 0 Å². The minimum Gasteiger partial charge on any atom is -0.490 e. The lowest BCUT2D eigenvalue weighted by Crippen LogP contribution is -2.35. The Balaban J connectivity index is 1.77. The average molecular weight is 257 g/mol. The quantitative estimate of drug-likeness (QED) is 0.845. The average Bonchev–Trinajstić information content (AvgIpc) is 2.85. The molecule has 100 valence electrons. The van der Waals surface area contributed by atoms with Crippen LogP contribution in [-0.2, 0) is 0 Å². The third-order valence-electron chi connectivity index (χ3n) is 3.13. The topological polar surface area (TPSA) is 41.5 Å². The molecule has 2 unspecified atom stereocenters. The number of aliphatic hydroxyl groups is 1. The van der Waals surface area contributed by atoms with Crippen molar-refractivity contribution in [1.29, 1.82) is 0 Å². The Labute approximate surface area is 105 Å². The van der Waals surface area contributed by atoms with Crippen LogP contribution in [-0.4, -0.2) is 30.4 Å². The molecule has 0 amide bonds. The highest BCUT2D eigenvalue weighted by Gasteiger charge is 2.22. The monoisotopic (exact) mass is 257 g/mol. The van der Waals surface area contributed by atoms with Crippen LogP contribution >= 0.6 is 0 Å². The zero-order valence-electron chi connectivity index (χ0n) is 10.0. The SMILES string of the molecule is OC(CCOc1ccc(F)cc1F)C1CCCN1. The molecule has 2 N–H and O–H groups in total. The number of nitrogens with one attached hydrogen (secondary N) is 1. The number of hydrogen-bond acceptors (Lipinski definition) is 3. The molecular weight excluding hydrogens is 240 g/mol. The lowest BCUT2D eigenvalue weighted by Gasteiger charge is -2.18. The van der Waals surface area contributed by atoms with Crippen molar-refractivity contribution < 1.29 is 18.6 Å². The molecule has 1 saturated heterocycles. The van der Waals surface area contributed by atoms with Crippen LogP contribution in [0.25, 0.3) is 0 Å². The first-order valence-electron chi connectivity index (χ1n) is 6.16. The summed E-state index contributed by atoms with van der Waals surface area (Å²) in [5.74, 6) is -1.33. The molecule has 0 bridgehead atoms. The minimum atomic E-state index is -0.719. The third kappa shape index (κ3) is 3.40. The summed E-state index contributed by atoms with van der Waals surface area (Å²) in [6.45, 7) is 1.14. The Morgan fingerprint density at radius 3 is 2.94 bits per heavy atom. The smallest absolute Gasteiger partial charge is 0.167 e. The van der Waals surface area contributed by atoms with Gasteiger partial charge >= 0.3 is 0 Å². The third-order valence-corrected chi connectivity index (χ3v) is 3.13. The standard InChI is InChI=1S/C13H17F2NO2/c14-9-3-4-13(10(15)8-9)18-7-5-12(17)11-2-1-6-16-11/h3-4,8,11-12,16-17H,1-2,5-7H2. The summed E-state index contributed by atoms with van der Waals surface area (Å²) in [6.07, 6.45) is 1.95. The molecule has 2 rings (SSSR count). The van der Waals surface area contributed by atoms with Crippen molar-refractivity contribution in [1.82, 2.24) is 5.32 Å². The van der Waals surface area contributed by atoms with Crippen LogP contribution in [0.15, 0.2) is 18.2 Å². The molecule has 18 heavy (non-hydrogen) atoms. The Bertz CT molecular complexity index is 395. The fourth-order valence-corrected chi connectivity index (χ4v) is 2.12. The van der Waals surface area contributed by atoms with Gasteiger partial charge in [0, 0.05) is 18.5 Å². The van der Waals surface area contributed by atoms with Crippen molar-refractivity contribution in [3.8, 4) is 5.75 Å². The van der Waals surface area contributed by atoms with E-state index in [0.29, 0.717) is 6.42 Å². The predicted molar refractivity (Wildman–Crippen MR) is 63.5 cm³/mol. The van der Waals surface area contributed by atoms with Crippen LogP contribution < -0.4 is 10.1 Å². The lowest BCUT2D eigenvalue weighted by molar-refractivity contribution is 0.106. The van der Waals surface area contributed by atoms with Crippen molar-refractivity contribution in [2.24, 2.45) is 0 Å². The van der Waals surface area contributed by atoms with Crippen LogP contribution in [0.4, 0.5) is 8.78 Å². The van der Waals surface area contributed by atoms with Gasteiger partial charge in [0.25, 0.3) is 0 Å². The van der Waals surface area contributed by atoms with Crippen molar-refractivity contribution in [3.05, 3.63) is 29.8 Å². The van der Waals surface area contributed by atoms with Gasteiger partial charge < -0.3 is 15.2 Å². The Kier molecular flexibility index (Phi) is 4.49. The predicted octanol–water partition coefficient (Wildman–Crippen LogP) is 1.85. The number of rotatable bonds is 5. The molecule has 1 fully saturated rings. The van der Waals surface area contributed by atoms with Crippen molar-refractivity contribution in [2.45, 2.75) is 31.4 Å². The minimum absolute atomic E-state index is 0.0166. The lowest BCUT2D eigenvalue weighted by atomic mass is 10.1. The summed E-state index contributed by atoms with van der Waals surface area (Å²) in [7, 11) is 0. The maximum absolute atomic E-state index is 13.2. The largest absolute Gasteiger partial charge is 0.490 e. The number of benzene rings is 1. The Hall–Kier alpha value is -1.20. The molecule has 1 aliphatic rings. The van der Waals surface area contributed by atoms with Gasteiger partial charge in [0.1, 0.15) is 5.82 Å². The molecule has 2 atom stereocenters. The summed E-state index contributed by atoms with van der Waals surface area (Å²) in [5.41, 5.74) is 0. The molecule has 0 saturated carbocycles. The first kappa shape index (κ1) is 13.2. The van der Waals surface area contributed by atoms with E-state index in [9.17, 15) is 13.9 Å². The molecule has 0 aromatic heterocycles. The molecule has 0 aliphatic carbocycles. The molecule has 1 aromatic rings. The molecule has 1 aliphatic heterocycles. The van der Waals surface area contributed by atoms with Gasteiger partial charge in [-0.1, -0.05) is 0 Å². The molecule has 5 heteroatoms. The first-order valence-corrected chi connectivity index (χ1v) is 6.16. The van der Waals surface area contributed by atoms with Crippen LogP contribution in [0.2, 0.25) is 0 Å². The molecule has 1 heterocycles. The highest BCUT2D eigenvalue weighted by Crippen LogP contribution is 2.18. The number of halogens is 2. The fraction of sp³-hybridized carbons (Fsp3) is 0.538. The van der Waals surface area contributed by atoms with Crippen molar-refractivity contribution in [3.63, 3.8) is 0 Å². The summed E-state index contributed by atoms with van der Waals surface area (Å²) < 4.78 is 31.1. The van der Waals surface area contributed by atoms with E-state index in [1.54, 1.807) is 0 Å². The normalized spacial score (nSPS) is 20.9. The van der Waals surface area contributed by atoms with Gasteiger partial charge in [0.15, 0.2) is 11.6 Å². The second kappa shape index (κ2) is 6.11. The molecule has 0 radical (unpaired) electrons. The van der Waals surface area contributed by atoms with E-state index in [-0.39, 0.29) is 18.4 Å². The van der Waals surface area contributed by atoms with Crippen LogP contribution in [0.5, 0.6) is 5.75 Å². The zero-order chi connectivity index (χ0) is 13.0. The first-order chi connectivity index (χ1) is 8.66. The van der Waals surface area contributed by atoms with E-state index in [2.05, 4.69) is 5.32 Å². The van der Waals surface area contributed by atoms with E-state index in [1.807, 2.05) is 0 Å². The number of aliphatic hydroxyl groups excluding tert-OH is 1. The zero-order valence-corrected chi connectivity index (χ0v) is 10.0. The van der Waals surface area contributed by atoms with E-state index < -0.39 is 17.7 Å². The molecule has 0 spiro atoms. The van der Waals surface area contributed by atoms with E-state index in [0.717, 1.165) is 31.5 Å². The molecule has 1 aromatic carbocycles. The number of ether oxygens (including phenoxy) is 1. The molecule has 3 nitrogen and oxygen atoms in total. The summed E-state index contributed by atoms with van der Waals surface area (Å²) in [6, 6.07) is 3.29. The van der Waals surface area contributed by atoms with Gasteiger partial charge in [0.05, 0.1) is 12.7 Å². The number of hydrogen-bond donors (Lipinski definition) is 2. The van der Waals surface area contributed by atoms with Gasteiger partial charge in [-0.05, 0) is 31.5 Å². The molecular formula is C13H17F2NO2. The highest BCUT2D eigenvalue weighted by molar-refractivity contribution is 5.24. The van der Waals surface area contributed by atoms with Crippen molar-refractivity contribution in [2.75, 3.05) is 13.2 Å². The van der Waals surface area contributed by atoms with Gasteiger partial charge in [-0.25, -0.2) is 8.78 Å². The second-order valence-corrected chi connectivity index (χ2v) is 4.48. The highest BCUT2D eigenvalue weighted by atomic mass is 19.1. The summed E-state index contributed by atoms with van der Waals surface area (Å²) in [4.78, 5) is 0. The maximum atomic E-state index is 13.2. The van der Waals surface area contributed by atoms with E-state index >= 15 is 0 Å². The van der Waals surface area contributed by atoms with Crippen LogP contribution in [0, 0.1) is 11.6 Å². The van der Waals surface area contributed by atoms with Gasteiger partial charge in [0.2, 0.25) is 0 Å². The second-order valence-electron chi connectivity index (χ2n) is 4.48. The summed E-state index contributed by atoms with van der Waals surface area (Å²) in [5, 5.41) is 13.0. The van der Waals surface area contributed by atoms with E-state index in [1.165, 1.54) is 6.07 Å². The summed E-state index contributed by atoms with van der Waals surface area (Å²) >= 11 is 0. The van der Waals surface area contributed by atoms with Gasteiger partial charge in [-0.15, -0.1) is 0 Å². The van der Waals surface area contributed by atoms with Crippen LogP contribution in [0.3, 0.4) is 0 Å². The van der Waals surface area contributed by atoms with Crippen LogP contribution in [0.1, 0.15) is 19.3 Å². The van der Waals surface area contributed by atoms with Gasteiger partial charge in [-0.3, -0.25) is 0 Å². The Morgan fingerprint density at radius 2 is 2.28 bits per heavy atom. The maximum Gasteiger partial charge on any atom is 0.167 e. The fourth-order valence-electron chi connectivity index (χ4n) is 2.12. The van der Waals surface area contributed by atoms with E-state index in [4.69, 9.17) is 4.74 Å². The Morgan fingerprint density at radius 1 is 1.44 bits per heavy atom.